The lowest BCUT2D eigenvalue weighted by Gasteiger charge is -2.18. The minimum Gasteiger partial charge on any atom is -0.462 e. The second-order valence-corrected chi connectivity index (χ2v) is 21.2. The highest BCUT2D eigenvalue weighted by atomic mass is 16.6. The van der Waals surface area contributed by atoms with Gasteiger partial charge in [-0.05, 0) is 154 Å². The highest BCUT2D eigenvalue weighted by molar-refractivity contribution is 5.71. The van der Waals surface area contributed by atoms with Crippen LogP contribution in [0.3, 0.4) is 0 Å². The van der Waals surface area contributed by atoms with E-state index in [1.165, 1.54) is 38.5 Å². The molecule has 0 fully saturated rings. The van der Waals surface area contributed by atoms with Crippen LogP contribution in [-0.2, 0) is 28.6 Å². The lowest BCUT2D eigenvalue weighted by molar-refractivity contribution is -0.167. The van der Waals surface area contributed by atoms with Crippen LogP contribution in [0.4, 0.5) is 0 Å². The topological polar surface area (TPSA) is 78.9 Å². The van der Waals surface area contributed by atoms with Gasteiger partial charge in [-0.1, -0.05) is 274 Å². The minimum atomic E-state index is -0.817. The third kappa shape index (κ3) is 67.2. The first-order valence-corrected chi connectivity index (χ1v) is 33.3. The Morgan fingerprint density at radius 1 is 0.241 bits per heavy atom. The van der Waals surface area contributed by atoms with E-state index < -0.39 is 6.10 Å². The Morgan fingerprint density at radius 3 is 0.687 bits per heavy atom. The summed E-state index contributed by atoms with van der Waals surface area (Å²) in [6, 6.07) is 0. The second-order valence-electron chi connectivity index (χ2n) is 21.2. The van der Waals surface area contributed by atoms with Gasteiger partial charge in [0.25, 0.3) is 0 Å². The zero-order chi connectivity index (χ0) is 59.9. The van der Waals surface area contributed by atoms with Crippen LogP contribution < -0.4 is 0 Å². The van der Waals surface area contributed by atoms with Crippen LogP contribution in [0.25, 0.3) is 0 Å². The van der Waals surface area contributed by atoms with Crippen LogP contribution in [0.5, 0.6) is 0 Å². The molecule has 0 heterocycles. The molecule has 0 radical (unpaired) electrons. The number of ether oxygens (including phenoxy) is 3. The molecule has 0 aromatic rings. The average molecular weight is 1140 g/mol. The van der Waals surface area contributed by atoms with Gasteiger partial charge >= 0.3 is 17.9 Å². The lowest BCUT2D eigenvalue weighted by Crippen LogP contribution is -2.30. The molecular weight excluding hydrogens is 1020 g/mol. The first kappa shape index (κ1) is 77.5. The van der Waals surface area contributed by atoms with E-state index in [-0.39, 0.29) is 37.5 Å². The normalized spacial score (nSPS) is 13.3. The van der Waals surface area contributed by atoms with E-state index >= 15 is 0 Å². The van der Waals surface area contributed by atoms with Crippen LogP contribution >= 0.6 is 0 Å². The van der Waals surface area contributed by atoms with Gasteiger partial charge < -0.3 is 14.2 Å². The summed E-state index contributed by atoms with van der Waals surface area (Å²) in [6.45, 7) is 6.25. The summed E-state index contributed by atoms with van der Waals surface area (Å²) in [5, 5.41) is 0. The smallest absolute Gasteiger partial charge is 0.306 e. The Hall–Kier alpha value is -5.49. The SMILES string of the molecule is CC/C=C\C/C=C\C/C=C\C/C=C\C/C=C\C/C=C\C/C=C\CCCCCCCCCCCC(=O)OCC(COC(=O)CCCCCCC/C=C\C/C=C\C/C=C\CC)OC(=O)CCCCC/C=C\C/C=C\C/C=C\C/C=C\C/C=C\CC. The molecule has 0 saturated carbocycles. The number of hydrogen-bond donors (Lipinski definition) is 0. The molecule has 0 aliphatic carbocycles. The largest absolute Gasteiger partial charge is 0.462 e. The molecule has 6 heteroatoms. The number of carbonyl (C=O) groups excluding carboxylic acids is 3. The van der Waals surface area contributed by atoms with E-state index in [0.717, 1.165) is 180 Å². The molecule has 0 saturated heterocycles. The first-order valence-electron chi connectivity index (χ1n) is 33.3. The van der Waals surface area contributed by atoms with E-state index in [2.05, 4.69) is 203 Å². The van der Waals surface area contributed by atoms with E-state index in [0.29, 0.717) is 19.3 Å². The van der Waals surface area contributed by atoms with Gasteiger partial charge in [-0.2, -0.15) is 0 Å². The van der Waals surface area contributed by atoms with Crippen molar-refractivity contribution in [3.63, 3.8) is 0 Å². The average Bonchev–Trinajstić information content (AvgIpc) is 3.49. The monoisotopic (exact) mass is 1140 g/mol. The Kier molecular flexibility index (Phi) is 64.4. The number of esters is 3. The van der Waals surface area contributed by atoms with Gasteiger partial charge in [-0.15, -0.1) is 0 Å². The fourth-order valence-electron chi connectivity index (χ4n) is 8.52. The Balaban J connectivity index is 4.41. The van der Waals surface area contributed by atoms with Crippen molar-refractivity contribution in [2.24, 2.45) is 0 Å². The molecule has 0 aromatic heterocycles. The molecule has 0 amide bonds. The van der Waals surface area contributed by atoms with Gasteiger partial charge in [0.05, 0.1) is 0 Å². The highest BCUT2D eigenvalue weighted by Gasteiger charge is 2.19. The molecule has 83 heavy (non-hydrogen) atoms. The lowest BCUT2D eigenvalue weighted by atomic mass is 10.1. The second kappa shape index (κ2) is 69.0. The van der Waals surface area contributed by atoms with Crippen LogP contribution in [0.15, 0.2) is 182 Å². The van der Waals surface area contributed by atoms with Crippen LogP contribution in [-0.4, -0.2) is 37.2 Å². The predicted octanol–water partition coefficient (Wildman–Crippen LogP) is 23.2. The summed E-state index contributed by atoms with van der Waals surface area (Å²) in [5.41, 5.74) is 0. The zero-order valence-electron chi connectivity index (χ0n) is 53.1. The number of carbonyl (C=O) groups is 3. The maximum absolute atomic E-state index is 12.9. The van der Waals surface area contributed by atoms with Gasteiger partial charge in [0.15, 0.2) is 6.10 Å². The third-order valence-corrected chi connectivity index (χ3v) is 13.4. The van der Waals surface area contributed by atoms with Gasteiger partial charge in [-0.3, -0.25) is 14.4 Å². The fraction of sp³-hybridized carbons (Fsp3) is 0.571. The molecule has 464 valence electrons. The van der Waals surface area contributed by atoms with Gasteiger partial charge in [0.1, 0.15) is 13.2 Å². The van der Waals surface area contributed by atoms with Gasteiger partial charge in [0.2, 0.25) is 0 Å². The summed E-state index contributed by atoms with van der Waals surface area (Å²) >= 11 is 0. The predicted molar refractivity (Wildman–Crippen MR) is 361 cm³/mol. The standard InChI is InChI=1S/C77H120O6/c1-4-7-10-13-16-19-22-25-28-30-32-33-34-35-36-37-38-39-40-41-42-43-45-46-49-52-55-58-61-64-67-70-76(79)82-73-74(72-81-75(78)69-66-63-60-57-54-51-48-27-24-21-18-15-12-9-6-3)83-77(80)71-68-65-62-59-56-53-50-47-44-31-29-26-23-20-17-14-11-8-5-2/h7-12,16-21,25-29,32-33,35-36,38-39,41-42,44,47-48,53,56,74H,4-6,13-15,22-24,30-31,34,37,40,43,45-46,49-52,54-55,57-73H2,1-3H3/b10-7-,11-8-,12-9-,19-16-,20-17-,21-18-,28-25-,29-26-,33-32-,36-35-,39-38-,42-41-,47-44-,48-27-,56-53-. The zero-order valence-corrected chi connectivity index (χ0v) is 53.1. The van der Waals surface area contributed by atoms with E-state index in [1.54, 1.807) is 0 Å². The van der Waals surface area contributed by atoms with Crippen molar-refractivity contribution in [2.45, 2.75) is 271 Å². The van der Waals surface area contributed by atoms with Crippen molar-refractivity contribution in [1.82, 2.24) is 0 Å². The molecular formula is C77H120O6. The fourth-order valence-corrected chi connectivity index (χ4v) is 8.52. The van der Waals surface area contributed by atoms with Crippen molar-refractivity contribution in [3.05, 3.63) is 182 Å². The minimum absolute atomic E-state index is 0.109. The molecule has 0 rings (SSSR count). The van der Waals surface area contributed by atoms with Gasteiger partial charge in [0, 0.05) is 19.3 Å². The van der Waals surface area contributed by atoms with Crippen molar-refractivity contribution < 1.29 is 28.6 Å². The molecule has 0 bridgehead atoms. The maximum atomic E-state index is 12.9. The van der Waals surface area contributed by atoms with E-state index in [9.17, 15) is 14.4 Å². The summed E-state index contributed by atoms with van der Waals surface area (Å²) < 4.78 is 16.9. The summed E-state index contributed by atoms with van der Waals surface area (Å²) in [5.74, 6) is -0.969. The quantitative estimate of drug-likeness (QED) is 0.0261. The number of allylic oxidation sites excluding steroid dienone is 30. The molecule has 1 unspecified atom stereocenters. The van der Waals surface area contributed by atoms with Crippen LogP contribution in [0, 0.1) is 0 Å². The van der Waals surface area contributed by atoms with Crippen molar-refractivity contribution in [1.29, 1.82) is 0 Å². The molecule has 0 N–H and O–H groups in total. The summed E-state index contributed by atoms with van der Waals surface area (Å²) in [6.07, 6.45) is 103. The van der Waals surface area contributed by atoms with Crippen LogP contribution in [0.2, 0.25) is 0 Å². The Labute approximate surface area is 510 Å². The molecule has 1 atom stereocenters. The highest BCUT2D eigenvalue weighted by Crippen LogP contribution is 2.14. The van der Waals surface area contributed by atoms with E-state index in [1.807, 2.05) is 0 Å². The molecule has 0 aromatic carbocycles. The third-order valence-electron chi connectivity index (χ3n) is 13.4. The summed E-state index contributed by atoms with van der Waals surface area (Å²) in [7, 11) is 0. The van der Waals surface area contributed by atoms with Crippen molar-refractivity contribution >= 4 is 17.9 Å². The molecule has 0 aliphatic heterocycles. The first-order chi connectivity index (χ1) is 41.0. The van der Waals surface area contributed by atoms with E-state index in [4.69, 9.17) is 14.2 Å². The number of hydrogen-bond acceptors (Lipinski definition) is 6. The van der Waals surface area contributed by atoms with Gasteiger partial charge in [-0.25, -0.2) is 0 Å². The number of unbranched alkanes of at least 4 members (excludes halogenated alkanes) is 17. The molecule has 6 nitrogen and oxygen atoms in total. The molecule has 0 aliphatic rings. The Morgan fingerprint density at radius 2 is 0.434 bits per heavy atom. The van der Waals surface area contributed by atoms with Crippen molar-refractivity contribution in [2.75, 3.05) is 13.2 Å². The Bertz CT molecular complexity index is 1940. The van der Waals surface area contributed by atoms with Crippen molar-refractivity contribution in [3.8, 4) is 0 Å². The summed E-state index contributed by atoms with van der Waals surface area (Å²) in [4.78, 5) is 38.4. The number of rotatable bonds is 58. The van der Waals surface area contributed by atoms with Crippen LogP contribution in [0.1, 0.15) is 265 Å². The maximum Gasteiger partial charge on any atom is 0.306 e. The molecule has 0 spiro atoms.